The minimum Gasteiger partial charge on any atom is -0.496 e. The third kappa shape index (κ3) is 5.98. The van der Waals surface area contributed by atoms with Gasteiger partial charge in [0.1, 0.15) is 24.1 Å². The Hall–Kier alpha value is -3.49. The first-order valence-corrected chi connectivity index (χ1v) is 14.1. The lowest BCUT2D eigenvalue weighted by atomic mass is 9.87. The Morgan fingerprint density at radius 1 is 1.12 bits per heavy atom. The summed E-state index contributed by atoms with van der Waals surface area (Å²) in [5, 5.41) is 3.98. The molecule has 1 aliphatic heterocycles. The molecule has 1 fully saturated rings. The molecule has 0 amide bonds. The number of para-hydroxylation sites is 1. The molecule has 1 saturated heterocycles. The number of aromatic nitrogens is 2. The molecule has 14 heteroatoms. The zero-order chi connectivity index (χ0) is 29.2. The summed E-state index contributed by atoms with van der Waals surface area (Å²) in [6, 6.07) is 10.2. The van der Waals surface area contributed by atoms with E-state index in [2.05, 4.69) is 5.10 Å². The number of benzene rings is 2. The van der Waals surface area contributed by atoms with Crippen LogP contribution in [0.15, 0.2) is 48.5 Å². The van der Waals surface area contributed by atoms with Crippen LogP contribution in [0, 0.1) is 5.82 Å². The lowest BCUT2D eigenvalue weighted by molar-refractivity contribution is -0.182. The van der Waals surface area contributed by atoms with E-state index in [0.29, 0.717) is 27.4 Å². The average molecular weight is 585 g/mol. The van der Waals surface area contributed by atoms with Crippen LogP contribution >= 0.6 is 0 Å². The predicted octanol–water partition coefficient (Wildman–Crippen LogP) is 3.83. The van der Waals surface area contributed by atoms with E-state index in [-0.39, 0.29) is 37.3 Å². The van der Waals surface area contributed by atoms with Gasteiger partial charge in [-0.25, -0.2) is 8.42 Å². The van der Waals surface area contributed by atoms with Gasteiger partial charge in [0.05, 0.1) is 18.9 Å². The van der Waals surface area contributed by atoms with E-state index in [1.165, 1.54) is 25.3 Å². The van der Waals surface area contributed by atoms with Crippen LogP contribution in [0.1, 0.15) is 45.9 Å². The molecule has 9 nitrogen and oxygen atoms in total. The molecule has 1 aliphatic rings. The Morgan fingerprint density at radius 2 is 1.77 bits per heavy atom. The van der Waals surface area contributed by atoms with E-state index in [9.17, 15) is 26.4 Å². The molecule has 0 spiro atoms. The van der Waals surface area contributed by atoms with E-state index < -0.39 is 51.5 Å². The van der Waals surface area contributed by atoms with Crippen molar-refractivity contribution < 1.29 is 40.2 Å². The highest BCUT2D eigenvalue weighted by Crippen LogP contribution is 2.44. The number of ether oxygens (including phenoxy) is 2. The standard InChI is InChI=1S/C26H28F4N4O5S/c1-38-20-8-4-3-6-18(20)24(35)34-25(39-15-17-11-9-16(14-31)10-12-17)21(27)22(32-34)19-7-5-13-33(40(2,36)37)23(19)26(28,29)30/h3-4,6,8-12,19,23H,5,7,13-15,31H2,1-2H3. The summed E-state index contributed by atoms with van der Waals surface area (Å²) < 4.78 is 95.0. The molecule has 0 aliphatic carbocycles. The Bertz CT molecular complexity index is 1480. The molecule has 2 heterocycles. The maximum atomic E-state index is 16.0. The lowest BCUT2D eigenvalue weighted by Gasteiger charge is -2.39. The summed E-state index contributed by atoms with van der Waals surface area (Å²) in [5.41, 5.74) is 6.26. The van der Waals surface area contributed by atoms with Gasteiger partial charge in [0.25, 0.3) is 11.8 Å². The van der Waals surface area contributed by atoms with Gasteiger partial charge in [-0.2, -0.15) is 31.6 Å². The van der Waals surface area contributed by atoms with Crippen molar-refractivity contribution in [2.45, 2.75) is 44.1 Å². The van der Waals surface area contributed by atoms with Gasteiger partial charge in [0, 0.05) is 19.0 Å². The van der Waals surface area contributed by atoms with Crippen molar-refractivity contribution in [3.8, 4) is 11.6 Å². The largest absolute Gasteiger partial charge is 0.496 e. The number of nitrogens with two attached hydrogens (primary N) is 1. The molecule has 1 aromatic heterocycles. The normalized spacial score (nSPS) is 18.5. The van der Waals surface area contributed by atoms with Gasteiger partial charge in [-0.1, -0.05) is 36.4 Å². The fourth-order valence-corrected chi connectivity index (χ4v) is 5.91. The number of carbonyl (C=O) groups excluding carboxylic acids is 1. The third-order valence-electron chi connectivity index (χ3n) is 6.67. The van der Waals surface area contributed by atoms with Crippen LogP contribution in [0.2, 0.25) is 0 Å². The minimum absolute atomic E-state index is 0.0285. The highest BCUT2D eigenvalue weighted by atomic mass is 32.2. The second-order valence-corrected chi connectivity index (χ2v) is 11.3. The van der Waals surface area contributed by atoms with Crippen LogP contribution in [-0.4, -0.2) is 60.5 Å². The van der Waals surface area contributed by atoms with Gasteiger partial charge < -0.3 is 15.2 Å². The molecule has 3 aromatic rings. The average Bonchev–Trinajstić information content (AvgIpc) is 3.26. The van der Waals surface area contributed by atoms with E-state index >= 15 is 4.39 Å². The predicted molar refractivity (Wildman–Crippen MR) is 137 cm³/mol. The minimum atomic E-state index is -5.04. The number of sulfonamides is 1. The summed E-state index contributed by atoms with van der Waals surface area (Å²) >= 11 is 0. The van der Waals surface area contributed by atoms with E-state index in [1.54, 1.807) is 30.3 Å². The van der Waals surface area contributed by atoms with Crippen molar-refractivity contribution in [3.05, 3.63) is 76.7 Å². The number of methoxy groups -OCH3 is 1. The molecule has 216 valence electrons. The first-order chi connectivity index (χ1) is 18.9. The summed E-state index contributed by atoms with van der Waals surface area (Å²) in [6.45, 7) is -0.329. The van der Waals surface area contributed by atoms with Crippen molar-refractivity contribution in [2.24, 2.45) is 5.73 Å². The van der Waals surface area contributed by atoms with Crippen molar-refractivity contribution in [1.82, 2.24) is 14.1 Å². The number of nitrogens with zero attached hydrogens (tertiary/aromatic N) is 3. The number of piperidine rings is 1. The van der Waals surface area contributed by atoms with E-state index in [0.717, 1.165) is 5.56 Å². The van der Waals surface area contributed by atoms with Gasteiger partial charge in [0.15, 0.2) is 0 Å². The molecule has 2 unspecified atom stereocenters. The molecule has 2 atom stereocenters. The SMILES string of the molecule is COc1ccccc1C(=O)n1nc(C2CCCN(S(C)(=O)=O)C2C(F)(F)F)c(F)c1OCc1ccc(CN)cc1. The molecule has 2 aromatic carbocycles. The van der Waals surface area contributed by atoms with Crippen molar-refractivity contribution in [3.63, 3.8) is 0 Å². The molecule has 0 saturated carbocycles. The highest BCUT2D eigenvalue weighted by Gasteiger charge is 2.54. The van der Waals surface area contributed by atoms with Gasteiger partial charge in [-0.15, -0.1) is 0 Å². The topological polar surface area (TPSA) is 117 Å². The van der Waals surface area contributed by atoms with Gasteiger partial charge in [-0.05, 0) is 36.1 Å². The second kappa shape index (κ2) is 11.6. The quantitative estimate of drug-likeness (QED) is 0.400. The fourth-order valence-electron chi connectivity index (χ4n) is 4.77. The van der Waals surface area contributed by atoms with Crippen molar-refractivity contribution in [2.75, 3.05) is 19.9 Å². The smallest absolute Gasteiger partial charge is 0.405 e. The Kier molecular flexibility index (Phi) is 8.52. The second-order valence-electron chi connectivity index (χ2n) is 9.34. The third-order valence-corrected chi connectivity index (χ3v) is 7.94. The van der Waals surface area contributed by atoms with Crippen LogP contribution in [0.5, 0.6) is 11.6 Å². The van der Waals surface area contributed by atoms with Gasteiger partial charge >= 0.3 is 6.18 Å². The van der Waals surface area contributed by atoms with Crippen LogP contribution in [-0.2, 0) is 23.2 Å². The number of hydrogen-bond acceptors (Lipinski definition) is 7. The Morgan fingerprint density at radius 3 is 2.38 bits per heavy atom. The zero-order valence-corrected chi connectivity index (χ0v) is 22.5. The Balaban J connectivity index is 1.82. The molecular formula is C26H28F4N4O5S. The number of carbonyl (C=O) groups is 1. The molecule has 0 bridgehead atoms. The first kappa shape index (κ1) is 29.5. The molecule has 4 rings (SSSR count). The number of rotatable bonds is 8. The Labute approximate surface area is 228 Å². The maximum absolute atomic E-state index is 16.0. The van der Waals surface area contributed by atoms with Crippen LogP contribution in [0.3, 0.4) is 0 Å². The van der Waals surface area contributed by atoms with Crippen LogP contribution in [0.25, 0.3) is 0 Å². The number of halogens is 4. The molecule has 40 heavy (non-hydrogen) atoms. The molecule has 0 radical (unpaired) electrons. The summed E-state index contributed by atoms with van der Waals surface area (Å²) in [5.74, 6) is -4.48. The van der Waals surface area contributed by atoms with Crippen LogP contribution in [0.4, 0.5) is 17.6 Å². The zero-order valence-electron chi connectivity index (χ0n) is 21.7. The van der Waals surface area contributed by atoms with Crippen molar-refractivity contribution in [1.29, 1.82) is 0 Å². The van der Waals surface area contributed by atoms with Crippen molar-refractivity contribution >= 4 is 15.9 Å². The monoisotopic (exact) mass is 584 g/mol. The molecule has 2 N–H and O–H groups in total. The number of hydrogen-bond donors (Lipinski definition) is 1. The van der Waals surface area contributed by atoms with Gasteiger partial charge in [-0.3, -0.25) is 4.79 Å². The summed E-state index contributed by atoms with van der Waals surface area (Å²) in [7, 11) is -2.98. The van der Waals surface area contributed by atoms with E-state index in [1.807, 2.05) is 0 Å². The van der Waals surface area contributed by atoms with E-state index in [4.69, 9.17) is 15.2 Å². The maximum Gasteiger partial charge on any atom is 0.405 e. The summed E-state index contributed by atoms with van der Waals surface area (Å²) in [6.07, 6.45) is -4.56. The molecular weight excluding hydrogens is 556 g/mol. The van der Waals surface area contributed by atoms with Crippen LogP contribution < -0.4 is 15.2 Å². The van der Waals surface area contributed by atoms with Gasteiger partial charge in [0.2, 0.25) is 15.8 Å². The fraction of sp³-hybridized carbons (Fsp3) is 0.385. The first-order valence-electron chi connectivity index (χ1n) is 12.3. The number of alkyl halides is 3. The summed E-state index contributed by atoms with van der Waals surface area (Å²) in [4.78, 5) is 13.5. The lowest BCUT2D eigenvalue weighted by Crippen LogP contribution is -2.54. The highest BCUT2D eigenvalue weighted by molar-refractivity contribution is 7.88.